The summed E-state index contributed by atoms with van der Waals surface area (Å²) in [6.45, 7) is 10.4. The van der Waals surface area contributed by atoms with Gasteiger partial charge in [-0.3, -0.25) is 0 Å². The number of piperidine rings is 1. The van der Waals surface area contributed by atoms with E-state index in [0.717, 1.165) is 41.3 Å². The van der Waals surface area contributed by atoms with E-state index in [0.29, 0.717) is 42.2 Å². The molecule has 1 aromatic carbocycles. The maximum absolute atomic E-state index is 14.9. The second-order valence-electron chi connectivity index (χ2n) is 13.6. The van der Waals surface area contributed by atoms with Crippen molar-refractivity contribution in [1.29, 1.82) is 0 Å². The van der Waals surface area contributed by atoms with Gasteiger partial charge in [0.2, 0.25) is 5.95 Å². The van der Waals surface area contributed by atoms with Crippen molar-refractivity contribution in [1.82, 2.24) is 20.3 Å². The number of aliphatic hydroxyl groups excluding tert-OH is 1. The Morgan fingerprint density at radius 1 is 1.13 bits per heavy atom. The molecule has 1 aliphatic carbocycles. The van der Waals surface area contributed by atoms with Crippen LogP contribution in [-0.2, 0) is 16.6 Å². The molecular weight excluding hydrogens is 600 g/mol. The van der Waals surface area contributed by atoms with Crippen LogP contribution in [0.4, 0.5) is 22.0 Å². The summed E-state index contributed by atoms with van der Waals surface area (Å²) >= 11 is -0.976. The number of nitrogens with one attached hydrogen (secondary N) is 2. The van der Waals surface area contributed by atoms with Crippen molar-refractivity contribution in [3.63, 3.8) is 0 Å². The number of nitrogens with zero attached hydrogens (tertiary/aromatic N) is 4. The monoisotopic (exact) mass is 644 g/mol. The standard InChI is InChI=1S/C36H45FN6O2S/c1-23(2)26-10-11-29(36(14-8-15-36)33-25(9-6-7-16-38-33)21-46(45)24(3)4)28-20-40-32(19-27(26)28)41-31-12-17-39-34(42-31)43-18-13-30(44)35(5,37)22-43/h6-7,9-12,16-17,19-20,23-24,30,38,44H,8,13-15,18,21-22H2,1-5H3,(H,39,40,41,42)/t30-,35+,46-/m1/s1. The molecule has 2 fully saturated rings. The molecule has 46 heavy (non-hydrogen) atoms. The van der Waals surface area contributed by atoms with Gasteiger partial charge in [0.25, 0.3) is 0 Å². The fourth-order valence-corrected chi connectivity index (χ4v) is 7.74. The molecule has 10 heteroatoms. The van der Waals surface area contributed by atoms with Gasteiger partial charge in [-0.15, -0.1) is 0 Å². The van der Waals surface area contributed by atoms with E-state index < -0.39 is 22.9 Å². The Bertz CT molecular complexity index is 1680. The lowest BCUT2D eigenvalue weighted by Gasteiger charge is -2.46. The Morgan fingerprint density at radius 3 is 2.63 bits per heavy atom. The highest BCUT2D eigenvalue weighted by atomic mass is 32.2. The molecule has 1 saturated heterocycles. The molecule has 4 heterocycles. The van der Waals surface area contributed by atoms with Gasteiger partial charge in [0.15, 0.2) is 5.67 Å². The van der Waals surface area contributed by atoms with Crippen LogP contribution in [0.3, 0.4) is 0 Å². The van der Waals surface area contributed by atoms with Crippen molar-refractivity contribution in [3.8, 4) is 0 Å². The topological polar surface area (TPSA) is 109 Å². The number of benzene rings is 1. The molecule has 0 unspecified atom stereocenters. The summed E-state index contributed by atoms with van der Waals surface area (Å²) in [5.41, 5.74) is 2.76. The molecule has 0 radical (unpaired) electrons. The van der Waals surface area contributed by atoms with Crippen molar-refractivity contribution in [2.45, 2.75) is 88.7 Å². The van der Waals surface area contributed by atoms with E-state index >= 15 is 0 Å². The second-order valence-corrected chi connectivity index (χ2v) is 15.6. The molecule has 3 aromatic rings. The molecule has 6 rings (SSSR count). The third kappa shape index (κ3) is 6.27. The SMILES string of the molecule is CC(C)c1ccc(C2(C3=C(C[S@@+]([O-])C(C)C)C=CC=CN3)CCC2)c2cnc(Nc3ccnc(N4CC[C@@H](O)[C@@](C)(F)C4)n3)cc12. The van der Waals surface area contributed by atoms with Crippen molar-refractivity contribution in [3.05, 3.63) is 83.5 Å². The van der Waals surface area contributed by atoms with Crippen LogP contribution >= 0.6 is 0 Å². The fraction of sp³-hybridized carbons (Fsp3) is 0.472. The normalized spacial score (nSPS) is 23.4. The summed E-state index contributed by atoms with van der Waals surface area (Å²) in [5.74, 6) is 2.45. The summed E-state index contributed by atoms with van der Waals surface area (Å²) in [6.07, 6.45) is 14.2. The third-order valence-electron chi connectivity index (χ3n) is 9.68. The van der Waals surface area contributed by atoms with Gasteiger partial charge < -0.3 is 25.2 Å². The number of aromatic nitrogens is 3. The Morgan fingerprint density at radius 2 is 1.93 bits per heavy atom. The molecular formula is C36H45FN6O2S. The molecule has 3 N–H and O–H groups in total. The molecule has 244 valence electrons. The first-order valence-corrected chi connectivity index (χ1v) is 17.7. The number of rotatable bonds is 9. The van der Waals surface area contributed by atoms with Crippen LogP contribution in [0, 0.1) is 0 Å². The largest absolute Gasteiger partial charge is 0.616 e. The van der Waals surface area contributed by atoms with Gasteiger partial charge in [0, 0.05) is 47.2 Å². The first-order valence-electron chi connectivity index (χ1n) is 16.3. The van der Waals surface area contributed by atoms with Crippen LogP contribution < -0.4 is 15.5 Å². The number of alkyl halides is 1. The Balaban J connectivity index is 1.37. The number of anilines is 3. The van der Waals surface area contributed by atoms with Crippen molar-refractivity contribution < 1.29 is 14.0 Å². The zero-order valence-electron chi connectivity index (χ0n) is 27.4. The summed E-state index contributed by atoms with van der Waals surface area (Å²) in [6, 6.07) is 8.41. The maximum atomic E-state index is 14.9. The van der Waals surface area contributed by atoms with E-state index in [1.54, 1.807) is 17.2 Å². The minimum atomic E-state index is -1.73. The van der Waals surface area contributed by atoms with E-state index in [2.05, 4.69) is 58.7 Å². The molecule has 3 aliphatic rings. The average molecular weight is 645 g/mol. The van der Waals surface area contributed by atoms with E-state index in [1.165, 1.54) is 18.1 Å². The molecule has 8 nitrogen and oxygen atoms in total. The van der Waals surface area contributed by atoms with E-state index in [-0.39, 0.29) is 17.2 Å². The van der Waals surface area contributed by atoms with Crippen molar-refractivity contribution in [2.24, 2.45) is 0 Å². The van der Waals surface area contributed by atoms with Gasteiger partial charge in [-0.1, -0.05) is 44.6 Å². The highest BCUT2D eigenvalue weighted by molar-refractivity contribution is 7.92. The van der Waals surface area contributed by atoms with E-state index in [9.17, 15) is 14.0 Å². The lowest BCUT2D eigenvalue weighted by atomic mass is 9.60. The van der Waals surface area contributed by atoms with Gasteiger partial charge in [-0.2, -0.15) is 4.98 Å². The van der Waals surface area contributed by atoms with Crippen LogP contribution in [-0.4, -0.2) is 60.5 Å². The molecule has 3 atom stereocenters. The van der Waals surface area contributed by atoms with Crippen molar-refractivity contribution in [2.75, 3.05) is 29.1 Å². The summed E-state index contributed by atoms with van der Waals surface area (Å²) in [4.78, 5) is 15.7. The summed E-state index contributed by atoms with van der Waals surface area (Å²) < 4.78 is 27.9. The molecule has 1 saturated carbocycles. The average Bonchev–Trinajstić information content (AvgIpc) is 3.23. The first-order chi connectivity index (χ1) is 22.0. The van der Waals surface area contributed by atoms with Crippen LogP contribution in [0.15, 0.2) is 72.4 Å². The van der Waals surface area contributed by atoms with E-state index in [4.69, 9.17) is 4.98 Å². The highest BCUT2D eigenvalue weighted by Gasteiger charge is 2.45. The number of pyridine rings is 1. The lowest BCUT2D eigenvalue weighted by molar-refractivity contribution is -0.00860. The summed E-state index contributed by atoms with van der Waals surface area (Å²) in [7, 11) is 0. The van der Waals surface area contributed by atoms with Gasteiger partial charge in [-0.25, -0.2) is 14.4 Å². The molecule has 0 bridgehead atoms. The van der Waals surface area contributed by atoms with Crippen molar-refractivity contribution >= 4 is 39.5 Å². The maximum Gasteiger partial charge on any atom is 0.227 e. The van der Waals surface area contributed by atoms with Crippen LogP contribution in [0.2, 0.25) is 0 Å². The van der Waals surface area contributed by atoms with Crippen LogP contribution in [0.1, 0.15) is 77.3 Å². The number of aliphatic hydroxyl groups is 1. The molecule has 2 aromatic heterocycles. The van der Waals surface area contributed by atoms with Gasteiger partial charge in [-0.05, 0) is 91.8 Å². The minimum Gasteiger partial charge on any atom is -0.616 e. The number of hydrogen-bond donors (Lipinski definition) is 3. The highest BCUT2D eigenvalue weighted by Crippen LogP contribution is 2.52. The van der Waals surface area contributed by atoms with E-state index in [1.807, 2.05) is 38.4 Å². The number of allylic oxidation sites excluding steroid dienone is 4. The number of hydrogen-bond acceptors (Lipinski definition) is 8. The zero-order valence-corrected chi connectivity index (χ0v) is 28.2. The molecule has 0 amide bonds. The third-order valence-corrected chi connectivity index (χ3v) is 11.3. The minimum absolute atomic E-state index is 0.0279. The predicted molar refractivity (Wildman–Crippen MR) is 186 cm³/mol. The zero-order chi connectivity index (χ0) is 32.6. The molecule has 2 aliphatic heterocycles. The van der Waals surface area contributed by atoms with Gasteiger partial charge in [0.05, 0.1) is 12.6 Å². The Kier molecular flexibility index (Phi) is 9.15. The van der Waals surface area contributed by atoms with Gasteiger partial charge in [0.1, 0.15) is 22.6 Å². The Hall–Kier alpha value is -3.47. The quantitative estimate of drug-likeness (QED) is 0.221. The second kappa shape index (κ2) is 13.0. The van der Waals surface area contributed by atoms with Gasteiger partial charge >= 0.3 is 0 Å². The Labute approximate surface area is 274 Å². The predicted octanol–water partition coefficient (Wildman–Crippen LogP) is 6.70. The fourth-order valence-electron chi connectivity index (χ4n) is 6.86. The smallest absolute Gasteiger partial charge is 0.227 e. The van der Waals surface area contributed by atoms with Crippen LogP contribution in [0.5, 0.6) is 0 Å². The van der Waals surface area contributed by atoms with Crippen LogP contribution in [0.25, 0.3) is 10.8 Å². The number of halogens is 1. The summed E-state index contributed by atoms with van der Waals surface area (Å²) in [5, 5.41) is 19.4. The lowest BCUT2D eigenvalue weighted by Crippen LogP contribution is -2.52. The first kappa shape index (κ1) is 32.5. The molecule has 0 spiro atoms. The number of fused-ring (bicyclic) bond motifs is 1.